The molecule has 0 saturated carbocycles. The molecule has 2 heterocycles. The number of thiophene rings is 1. The lowest BCUT2D eigenvalue weighted by molar-refractivity contribution is 0.0696. The van der Waals surface area contributed by atoms with Gasteiger partial charge >= 0.3 is 21.2 Å². The molecule has 2 N–H and O–H groups in total. The van der Waals surface area contributed by atoms with Gasteiger partial charge in [0.15, 0.2) is 5.82 Å². The zero-order valence-electron chi connectivity index (χ0n) is 20.4. The van der Waals surface area contributed by atoms with Crippen molar-refractivity contribution in [2.45, 2.75) is 33.2 Å². The maximum absolute atomic E-state index is 13.9. The molecule has 2 aromatic heterocycles. The molecule has 14 heteroatoms. The second-order valence-corrected chi connectivity index (χ2v) is 12.7. The molecule has 0 aliphatic rings. The number of aromatic nitrogens is 2. The average Bonchev–Trinajstić information content (AvgIpc) is 3.32. The summed E-state index contributed by atoms with van der Waals surface area (Å²) < 4.78 is 49.9. The van der Waals surface area contributed by atoms with E-state index in [0.717, 1.165) is 0 Å². The van der Waals surface area contributed by atoms with Crippen LogP contribution in [-0.2, 0) is 27.2 Å². The van der Waals surface area contributed by atoms with Crippen molar-refractivity contribution < 1.29 is 37.1 Å². The van der Waals surface area contributed by atoms with Gasteiger partial charge in [0.2, 0.25) is 5.52 Å². The summed E-state index contributed by atoms with van der Waals surface area (Å²) in [5, 5.41) is 14.7. The van der Waals surface area contributed by atoms with Crippen molar-refractivity contribution in [3.05, 3.63) is 41.3 Å². The Kier molecular flexibility index (Phi) is 9.77. The molecule has 0 bridgehead atoms. The van der Waals surface area contributed by atoms with E-state index in [9.17, 15) is 19.0 Å². The number of carboxylic acids is 1. The summed E-state index contributed by atoms with van der Waals surface area (Å²) in [6.45, 7) is 6.68. The first-order valence-electron chi connectivity index (χ1n) is 11.3. The van der Waals surface area contributed by atoms with Crippen LogP contribution in [0.2, 0.25) is 0 Å². The first-order valence-corrected chi connectivity index (χ1v) is 15.4. The first kappa shape index (κ1) is 28.4. The van der Waals surface area contributed by atoms with Crippen molar-refractivity contribution in [1.82, 2.24) is 9.97 Å². The van der Waals surface area contributed by atoms with Gasteiger partial charge in [-0.3, -0.25) is 9.13 Å². The Bertz CT molecular complexity index is 1250. The van der Waals surface area contributed by atoms with Crippen LogP contribution in [0.25, 0.3) is 21.6 Å². The number of carboxylic acid groups (broad SMARTS) is 1. The quantitative estimate of drug-likeness (QED) is 0.216. The van der Waals surface area contributed by atoms with Gasteiger partial charge in [-0.15, -0.1) is 11.3 Å². The predicted octanol–water partition coefficient (Wildman–Crippen LogP) is 6.28. The van der Waals surface area contributed by atoms with E-state index in [1.54, 1.807) is 51.3 Å². The molecule has 36 heavy (non-hydrogen) atoms. The second kappa shape index (κ2) is 12.4. The maximum atomic E-state index is 13.9. The van der Waals surface area contributed by atoms with Crippen LogP contribution in [0.15, 0.2) is 35.7 Å². The van der Waals surface area contributed by atoms with Crippen LogP contribution >= 0.6 is 26.5 Å². The number of hydrogen-bond acceptors (Lipinski definition) is 11. The van der Waals surface area contributed by atoms with Crippen molar-refractivity contribution in [2.75, 3.05) is 31.7 Å². The maximum Gasteiger partial charge on any atom is 0.365 e. The summed E-state index contributed by atoms with van der Waals surface area (Å²) in [5.74, 6) is -0.669. The van der Waals surface area contributed by atoms with Crippen molar-refractivity contribution in [3.63, 3.8) is 0 Å². The molecule has 196 valence electrons. The Morgan fingerprint density at radius 3 is 2.08 bits per heavy atom. The molecule has 0 unspecified atom stereocenters. The number of carbonyl (C=O) groups is 1. The fraction of sp³-hybridized carbons (Fsp3) is 0.409. The lowest BCUT2D eigenvalue weighted by atomic mass is 10.1. The minimum atomic E-state index is -4.10. The molecular formula is C22H29N3O8P2S. The molecule has 0 spiro atoms. The molecular weight excluding hydrogens is 528 g/mol. The van der Waals surface area contributed by atoms with E-state index in [2.05, 4.69) is 15.3 Å². The summed E-state index contributed by atoms with van der Waals surface area (Å²) in [6.07, 6.45) is 0. The monoisotopic (exact) mass is 557 g/mol. The average molecular weight is 558 g/mol. The van der Waals surface area contributed by atoms with Gasteiger partial charge in [-0.2, -0.15) is 0 Å². The number of hydrogen-bond donors (Lipinski definition) is 2. The Morgan fingerprint density at radius 1 is 0.972 bits per heavy atom. The Balaban J connectivity index is 2.20. The molecule has 0 aliphatic heterocycles. The molecule has 11 nitrogen and oxygen atoms in total. The first-order chi connectivity index (χ1) is 17.2. The van der Waals surface area contributed by atoms with E-state index in [0.29, 0.717) is 15.8 Å². The molecule has 3 aromatic rings. The van der Waals surface area contributed by atoms with Crippen molar-refractivity contribution in [2.24, 2.45) is 0 Å². The lowest BCUT2D eigenvalue weighted by Gasteiger charge is -2.32. The van der Waals surface area contributed by atoms with Crippen molar-refractivity contribution in [1.29, 1.82) is 0 Å². The minimum Gasteiger partial charge on any atom is -0.478 e. The van der Waals surface area contributed by atoms with Gasteiger partial charge in [-0.1, -0.05) is 12.1 Å². The molecule has 0 atom stereocenters. The van der Waals surface area contributed by atoms with Crippen LogP contribution < -0.4 is 5.32 Å². The molecule has 0 aliphatic carbocycles. The summed E-state index contributed by atoms with van der Waals surface area (Å²) in [6, 6.07) is 7.95. The van der Waals surface area contributed by atoms with Crippen LogP contribution in [0.5, 0.6) is 0 Å². The lowest BCUT2D eigenvalue weighted by Crippen LogP contribution is -2.26. The summed E-state index contributed by atoms with van der Waals surface area (Å²) >= 11 is 1.33. The van der Waals surface area contributed by atoms with Gasteiger partial charge in [0.25, 0.3) is 0 Å². The largest absolute Gasteiger partial charge is 0.478 e. The van der Waals surface area contributed by atoms with Gasteiger partial charge in [0.1, 0.15) is 10.6 Å². The third-order valence-electron chi connectivity index (χ3n) is 4.79. The van der Waals surface area contributed by atoms with E-state index in [1.165, 1.54) is 23.5 Å². The number of aromatic carboxylic acids is 1. The zero-order chi connectivity index (χ0) is 26.3. The van der Waals surface area contributed by atoms with Crippen molar-refractivity contribution >= 4 is 48.5 Å². The van der Waals surface area contributed by atoms with Gasteiger partial charge in [-0.05, 0) is 51.3 Å². The SMILES string of the molecule is CCOP(=O)(OCC)C(Nc1nc(-c2cccc(C(=O)O)c2)nc2sccc12)P(=O)(OCC)OCC. The highest BCUT2D eigenvalue weighted by atomic mass is 32.1. The van der Waals surface area contributed by atoms with Crippen molar-refractivity contribution in [3.8, 4) is 11.4 Å². The third-order valence-corrected chi connectivity index (χ3v) is 11.2. The molecule has 3 rings (SSSR count). The molecule has 0 fully saturated rings. The number of benzene rings is 1. The van der Waals surface area contributed by atoms with E-state index in [1.807, 2.05) is 0 Å². The Labute approximate surface area is 213 Å². The summed E-state index contributed by atoms with van der Waals surface area (Å²) in [5.41, 5.74) is -0.995. The van der Waals surface area contributed by atoms with Crippen LogP contribution in [0.4, 0.5) is 5.82 Å². The number of fused-ring (bicyclic) bond motifs is 1. The number of nitrogens with one attached hydrogen (secondary N) is 1. The summed E-state index contributed by atoms with van der Waals surface area (Å²) in [4.78, 5) is 21.2. The fourth-order valence-electron chi connectivity index (χ4n) is 3.42. The van der Waals surface area contributed by atoms with Crippen LogP contribution in [-0.4, -0.2) is 53.0 Å². The standard InChI is InChI=1S/C22H29N3O8P2S/c1-5-30-34(28,31-6-2)22(35(29,32-7-3)33-8-4)25-19-17-12-13-36-20(17)24-18(23-19)15-10-9-11-16(14-15)21(26)27/h9-14,22H,5-8H2,1-4H3,(H,26,27)(H,23,24,25). The highest BCUT2D eigenvalue weighted by molar-refractivity contribution is 7.73. The van der Waals surface area contributed by atoms with Crippen LogP contribution in [0.1, 0.15) is 38.1 Å². The predicted molar refractivity (Wildman–Crippen MR) is 139 cm³/mol. The van der Waals surface area contributed by atoms with Gasteiger partial charge in [0, 0.05) is 5.56 Å². The van der Waals surface area contributed by atoms with Gasteiger partial charge in [-0.25, -0.2) is 14.8 Å². The summed E-state index contributed by atoms with van der Waals surface area (Å²) in [7, 11) is -8.20. The molecule has 1 aromatic carbocycles. The highest BCUT2D eigenvalue weighted by Crippen LogP contribution is 2.70. The van der Waals surface area contributed by atoms with Crippen LogP contribution in [0, 0.1) is 0 Å². The normalized spacial score (nSPS) is 12.4. The fourth-order valence-corrected chi connectivity index (χ4v) is 9.08. The van der Waals surface area contributed by atoms with E-state index >= 15 is 0 Å². The van der Waals surface area contributed by atoms with E-state index in [-0.39, 0.29) is 43.6 Å². The highest BCUT2D eigenvalue weighted by Gasteiger charge is 2.51. The van der Waals surface area contributed by atoms with E-state index in [4.69, 9.17) is 18.1 Å². The van der Waals surface area contributed by atoms with Gasteiger partial charge < -0.3 is 28.5 Å². The molecule has 0 radical (unpaired) electrons. The number of nitrogens with zero attached hydrogens (tertiary/aromatic N) is 2. The number of rotatable bonds is 14. The smallest absolute Gasteiger partial charge is 0.365 e. The Hall–Kier alpha value is -2.17. The molecule has 0 amide bonds. The zero-order valence-corrected chi connectivity index (χ0v) is 23.0. The minimum absolute atomic E-state index is 0.0264. The van der Waals surface area contributed by atoms with Crippen LogP contribution in [0.3, 0.4) is 0 Å². The number of anilines is 1. The van der Waals surface area contributed by atoms with Gasteiger partial charge in [0.05, 0.1) is 37.4 Å². The Morgan fingerprint density at radius 2 is 1.56 bits per heavy atom. The van der Waals surface area contributed by atoms with E-state index < -0.39 is 26.7 Å². The third kappa shape index (κ3) is 6.20. The second-order valence-electron chi connectivity index (χ2n) is 7.19. The molecule has 0 saturated heterocycles. The topological polar surface area (TPSA) is 146 Å².